The number of ether oxygens (including phenoxy) is 1. The Morgan fingerprint density at radius 3 is 2.78 bits per heavy atom. The van der Waals surface area contributed by atoms with E-state index in [-0.39, 0.29) is 17.6 Å². The number of sulfonamides is 1. The van der Waals surface area contributed by atoms with Crippen molar-refractivity contribution >= 4 is 15.9 Å². The van der Waals surface area contributed by atoms with E-state index in [1.165, 1.54) is 6.26 Å². The van der Waals surface area contributed by atoms with Gasteiger partial charge < -0.3 is 14.6 Å². The zero-order chi connectivity index (χ0) is 16.5. The second-order valence-corrected chi connectivity index (χ2v) is 8.28. The Labute approximate surface area is 136 Å². The fourth-order valence-corrected chi connectivity index (χ4v) is 4.34. The molecule has 1 amide bonds. The summed E-state index contributed by atoms with van der Waals surface area (Å²) in [6, 6.07) is 1.70. The molecule has 1 unspecified atom stereocenters. The minimum Gasteiger partial charge on any atom is -0.375 e. The number of piperidine rings is 1. The normalized spacial score (nSPS) is 24.7. The van der Waals surface area contributed by atoms with Crippen molar-refractivity contribution in [1.82, 2.24) is 14.6 Å². The van der Waals surface area contributed by atoms with Crippen LogP contribution in [0.5, 0.6) is 0 Å². The van der Waals surface area contributed by atoms with E-state index < -0.39 is 10.0 Å². The van der Waals surface area contributed by atoms with E-state index in [1.807, 2.05) is 4.90 Å². The highest BCUT2D eigenvalue weighted by molar-refractivity contribution is 7.88. The number of rotatable bonds is 3. The van der Waals surface area contributed by atoms with Crippen molar-refractivity contribution in [2.24, 2.45) is 0 Å². The van der Waals surface area contributed by atoms with Gasteiger partial charge in [-0.15, -0.1) is 0 Å². The van der Waals surface area contributed by atoms with E-state index in [9.17, 15) is 13.2 Å². The van der Waals surface area contributed by atoms with Gasteiger partial charge in [-0.3, -0.25) is 4.79 Å². The number of hydrogen-bond acceptors (Lipinski definition) is 4. The van der Waals surface area contributed by atoms with Gasteiger partial charge in [-0.2, -0.15) is 0 Å². The van der Waals surface area contributed by atoms with Crippen LogP contribution in [0.15, 0.2) is 18.5 Å². The number of nitrogens with one attached hydrogen (secondary N) is 2. The van der Waals surface area contributed by atoms with Crippen LogP contribution >= 0.6 is 0 Å². The molecule has 1 aromatic rings. The molecule has 0 saturated carbocycles. The van der Waals surface area contributed by atoms with E-state index in [2.05, 4.69) is 9.71 Å². The van der Waals surface area contributed by atoms with Crippen LogP contribution in [0, 0.1) is 0 Å². The third kappa shape index (κ3) is 3.94. The average molecular weight is 341 g/mol. The number of likely N-dealkylation sites (tertiary alicyclic amines) is 1. The number of aromatic nitrogens is 1. The lowest BCUT2D eigenvalue weighted by molar-refractivity contribution is -0.113. The number of hydrogen-bond donors (Lipinski definition) is 2. The summed E-state index contributed by atoms with van der Waals surface area (Å²) >= 11 is 0. The minimum atomic E-state index is -3.21. The molecule has 1 atom stereocenters. The molecule has 2 N–H and O–H groups in total. The lowest BCUT2D eigenvalue weighted by Gasteiger charge is -2.46. The van der Waals surface area contributed by atoms with Gasteiger partial charge in [-0.1, -0.05) is 0 Å². The van der Waals surface area contributed by atoms with Gasteiger partial charge in [-0.05, 0) is 31.7 Å². The predicted molar refractivity (Wildman–Crippen MR) is 85.6 cm³/mol. The van der Waals surface area contributed by atoms with Crippen molar-refractivity contribution in [3.8, 4) is 0 Å². The summed E-state index contributed by atoms with van der Waals surface area (Å²) in [7, 11) is -3.21. The first-order valence-corrected chi connectivity index (χ1v) is 9.79. The summed E-state index contributed by atoms with van der Waals surface area (Å²) in [5.74, 6) is 0.0303. The third-order valence-corrected chi connectivity index (χ3v) is 5.44. The molecule has 0 radical (unpaired) electrons. The second kappa shape index (κ2) is 6.26. The minimum absolute atomic E-state index is 0.0303. The SMILES string of the molecule is CS(=O)(=O)NC1CCOC2(CCN(C(=O)c3cc[nH]c3)CC2)C1. The van der Waals surface area contributed by atoms with Crippen LogP contribution < -0.4 is 4.72 Å². The molecule has 1 spiro atoms. The molecule has 0 bridgehead atoms. The summed E-state index contributed by atoms with van der Waals surface area (Å²) in [5.41, 5.74) is 0.359. The maximum Gasteiger partial charge on any atom is 0.255 e. The van der Waals surface area contributed by atoms with Gasteiger partial charge in [0, 0.05) is 38.1 Å². The fraction of sp³-hybridized carbons (Fsp3) is 0.667. The predicted octanol–water partition coefficient (Wildman–Crippen LogP) is 0.718. The average Bonchev–Trinajstić information content (AvgIpc) is 3.00. The van der Waals surface area contributed by atoms with Crippen LogP contribution in [0.3, 0.4) is 0 Å². The van der Waals surface area contributed by atoms with Crippen LogP contribution in [-0.2, 0) is 14.8 Å². The molecule has 2 aliphatic heterocycles. The summed E-state index contributed by atoms with van der Waals surface area (Å²) in [4.78, 5) is 17.1. The van der Waals surface area contributed by atoms with Gasteiger partial charge in [0.2, 0.25) is 10.0 Å². The van der Waals surface area contributed by atoms with Crippen molar-refractivity contribution in [3.05, 3.63) is 24.0 Å². The molecular weight excluding hydrogens is 318 g/mol. The van der Waals surface area contributed by atoms with E-state index in [0.717, 1.165) is 12.8 Å². The first kappa shape index (κ1) is 16.5. The maximum absolute atomic E-state index is 12.4. The molecule has 2 saturated heterocycles. The van der Waals surface area contributed by atoms with Crippen LogP contribution in [0.25, 0.3) is 0 Å². The Morgan fingerprint density at radius 2 is 2.17 bits per heavy atom. The van der Waals surface area contributed by atoms with Gasteiger partial charge in [-0.25, -0.2) is 13.1 Å². The highest BCUT2D eigenvalue weighted by Crippen LogP contribution is 2.35. The number of H-pyrrole nitrogens is 1. The molecular formula is C15H23N3O4S. The molecule has 0 aliphatic carbocycles. The first-order chi connectivity index (χ1) is 10.9. The van der Waals surface area contributed by atoms with Gasteiger partial charge >= 0.3 is 0 Å². The lowest BCUT2D eigenvalue weighted by atomic mass is 9.82. The van der Waals surface area contributed by atoms with Gasteiger partial charge in [0.15, 0.2) is 0 Å². The zero-order valence-corrected chi connectivity index (χ0v) is 14.1. The van der Waals surface area contributed by atoms with Crippen LogP contribution in [0.1, 0.15) is 36.0 Å². The zero-order valence-electron chi connectivity index (χ0n) is 13.2. The van der Waals surface area contributed by atoms with Crippen molar-refractivity contribution in [3.63, 3.8) is 0 Å². The molecule has 8 heteroatoms. The molecule has 2 aliphatic rings. The van der Waals surface area contributed by atoms with Crippen molar-refractivity contribution in [2.75, 3.05) is 26.0 Å². The molecule has 3 rings (SSSR count). The summed E-state index contributed by atoms with van der Waals surface area (Å²) < 4.78 is 31.6. The van der Waals surface area contributed by atoms with Crippen molar-refractivity contribution < 1.29 is 17.9 Å². The van der Waals surface area contributed by atoms with Gasteiger partial charge in [0.05, 0.1) is 17.4 Å². The molecule has 7 nitrogen and oxygen atoms in total. The monoisotopic (exact) mass is 341 g/mol. The molecule has 0 aromatic carbocycles. The Balaban J connectivity index is 1.60. The summed E-state index contributed by atoms with van der Waals surface area (Å²) in [6.45, 7) is 1.82. The van der Waals surface area contributed by atoms with Crippen LogP contribution in [0.2, 0.25) is 0 Å². The number of amides is 1. The number of carbonyl (C=O) groups excluding carboxylic acids is 1. The fourth-order valence-electron chi connectivity index (χ4n) is 3.54. The highest BCUT2D eigenvalue weighted by Gasteiger charge is 2.41. The van der Waals surface area contributed by atoms with E-state index in [1.54, 1.807) is 18.5 Å². The van der Waals surface area contributed by atoms with E-state index in [0.29, 0.717) is 38.1 Å². The largest absolute Gasteiger partial charge is 0.375 e. The first-order valence-electron chi connectivity index (χ1n) is 7.90. The van der Waals surface area contributed by atoms with Crippen LogP contribution in [-0.4, -0.2) is 61.8 Å². The molecule has 23 heavy (non-hydrogen) atoms. The number of carbonyl (C=O) groups is 1. The summed E-state index contributed by atoms with van der Waals surface area (Å²) in [6.07, 6.45) is 7.48. The van der Waals surface area contributed by atoms with E-state index in [4.69, 9.17) is 4.74 Å². The Morgan fingerprint density at radius 1 is 1.43 bits per heavy atom. The van der Waals surface area contributed by atoms with Crippen LogP contribution in [0.4, 0.5) is 0 Å². The van der Waals surface area contributed by atoms with Crippen molar-refractivity contribution in [1.29, 1.82) is 0 Å². The maximum atomic E-state index is 12.4. The smallest absolute Gasteiger partial charge is 0.255 e. The molecule has 2 fully saturated rings. The molecule has 1 aromatic heterocycles. The standard InChI is InChI=1S/C15H23N3O4S/c1-23(20,21)17-13-3-9-22-15(10-13)4-7-18(8-5-15)14(19)12-2-6-16-11-12/h2,6,11,13,16-17H,3-5,7-10H2,1H3. The second-order valence-electron chi connectivity index (χ2n) is 6.50. The number of aromatic amines is 1. The van der Waals surface area contributed by atoms with Gasteiger partial charge in [0.25, 0.3) is 5.91 Å². The van der Waals surface area contributed by atoms with E-state index >= 15 is 0 Å². The number of nitrogens with zero attached hydrogens (tertiary/aromatic N) is 1. The van der Waals surface area contributed by atoms with Crippen molar-refractivity contribution in [2.45, 2.75) is 37.3 Å². The molecule has 128 valence electrons. The van der Waals surface area contributed by atoms with Gasteiger partial charge in [0.1, 0.15) is 0 Å². The Bertz CT molecular complexity index is 648. The Kier molecular flexibility index (Phi) is 4.48. The topological polar surface area (TPSA) is 91.5 Å². The third-order valence-electron chi connectivity index (χ3n) is 4.68. The summed E-state index contributed by atoms with van der Waals surface area (Å²) in [5, 5.41) is 0. The lowest BCUT2D eigenvalue weighted by Crippen LogP contribution is -2.54. The molecule has 3 heterocycles. The Hall–Kier alpha value is -1.38. The quantitative estimate of drug-likeness (QED) is 0.847. The highest BCUT2D eigenvalue weighted by atomic mass is 32.2.